The van der Waals surface area contributed by atoms with Crippen LogP contribution in [0.1, 0.15) is 27.7 Å². The van der Waals surface area contributed by atoms with E-state index in [9.17, 15) is 0 Å². The maximum atomic E-state index is 6.28. The second-order valence-electron chi connectivity index (χ2n) is 9.03. The zero-order chi connectivity index (χ0) is 21.8. The molecule has 0 bridgehead atoms. The highest BCUT2D eigenvalue weighted by molar-refractivity contribution is 5.38. The van der Waals surface area contributed by atoms with Gasteiger partial charge in [0.1, 0.15) is 12.2 Å². The molecule has 3 fully saturated rings. The molecule has 1 aromatic heterocycles. The molecule has 0 unspecified atom stereocenters. The molecule has 0 N–H and O–H groups in total. The fraction of sp³-hybridized carbons (Fsp3) is 0.842. The predicted octanol–water partition coefficient (Wildman–Crippen LogP) is 0.779. The van der Waals surface area contributed by atoms with Crippen molar-refractivity contribution in [2.75, 3.05) is 44.6 Å². The summed E-state index contributed by atoms with van der Waals surface area (Å²) < 4.78 is 36.2. The van der Waals surface area contributed by atoms with Gasteiger partial charge in [0.15, 0.2) is 30.1 Å². The molecule has 0 amide bonds. The summed E-state index contributed by atoms with van der Waals surface area (Å²) in [5.74, 6) is -0.500. The second kappa shape index (κ2) is 7.41. The maximum Gasteiger partial charge on any atom is 0.323 e. The minimum absolute atomic E-state index is 0.183. The molecule has 4 heterocycles. The average Bonchev–Trinajstić information content (AvgIpc) is 3.24. The molecule has 0 aliphatic carbocycles. The van der Waals surface area contributed by atoms with E-state index in [0.717, 1.165) is 0 Å². The van der Waals surface area contributed by atoms with Crippen LogP contribution in [0.2, 0.25) is 0 Å². The van der Waals surface area contributed by atoms with E-state index in [1.54, 1.807) is 9.80 Å². The molecular weight excluding hydrogens is 394 g/mol. The average molecular weight is 425 g/mol. The number of hydrogen-bond acceptors (Lipinski definition) is 11. The van der Waals surface area contributed by atoms with Gasteiger partial charge in [0.05, 0.1) is 6.61 Å². The van der Waals surface area contributed by atoms with Gasteiger partial charge in [-0.1, -0.05) is 0 Å². The van der Waals surface area contributed by atoms with E-state index >= 15 is 0 Å². The summed E-state index contributed by atoms with van der Waals surface area (Å²) in [5, 5.41) is 0. The lowest BCUT2D eigenvalue weighted by Gasteiger charge is -2.29. The van der Waals surface area contributed by atoms with Crippen molar-refractivity contribution < 1.29 is 28.4 Å². The Bertz CT molecular complexity index is 762. The van der Waals surface area contributed by atoms with Crippen molar-refractivity contribution in [3.05, 3.63) is 0 Å². The Kier molecular flexibility index (Phi) is 5.30. The molecule has 0 spiro atoms. The Labute approximate surface area is 176 Å². The zero-order valence-corrected chi connectivity index (χ0v) is 18.8. The molecule has 3 aliphatic heterocycles. The third kappa shape index (κ3) is 4.17. The van der Waals surface area contributed by atoms with Gasteiger partial charge in [-0.2, -0.15) is 15.0 Å². The highest BCUT2D eigenvalue weighted by atomic mass is 16.8. The van der Waals surface area contributed by atoms with Crippen LogP contribution in [0.15, 0.2) is 0 Å². The van der Waals surface area contributed by atoms with E-state index in [-0.39, 0.29) is 12.1 Å². The van der Waals surface area contributed by atoms with Gasteiger partial charge in [0.2, 0.25) is 11.9 Å². The van der Waals surface area contributed by atoms with Crippen LogP contribution in [-0.2, 0) is 23.7 Å². The summed E-state index contributed by atoms with van der Waals surface area (Å²) >= 11 is 0. The smallest absolute Gasteiger partial charge is 0.323 e. The Hall–Kier alpha value is -1.79. The fourth-order valence-electron chi connectivity index (χ4n) is 3.72. The topological polar surface area (TPSA) is 101 Å². The number of aromatic nitrogens is 3. The normalized spacial score (nSPS) is 34.1. The molecule has 1 aromatic rings. The number of nitrogens with zero attached hydrogens (tertiary/aromatic N) is 5. The minimum atomic E-state index is -0.781. The molecule has 5 atom stereocenters. The summed E-state index contributed by atoms with van der Waals surface area (Å²) in [6, 6.07) is 0.183. The van der Waals surface area contributed by atoms with Crippen molar-refractivity contribution in [3.63, 3.8) is 0 Å². The molecule has 0 radical (unpaired) electrons. The van der Waals surface area contributed by atoms with Crippen molar-refractivity contribution in [2.45, 2.75) is 70.0 Å². The minimum Gasteiger partial charge on any atom is -0.454 e. The lowest BCUT2D eigenvalue weighted by atomic mass is 10.1. The van der Waals surface area contributed by atoms with Gasteiger partial charge in [-0.05, 0) is 27.7 Å². The van der Waals surface area contributed by atoms with Crippen LogP contribution in [0, 0.1) is 0 Å². The van der Waals surface area contributed by atoms with Gasteiger partial charge in [-0.15, -0.1) is 0 Å². The highest BCUT2D eigenvalue weighted by Crippen LogP contribution is 2.42. The first-order valence-electron chi connectivity index (χ1n) is 10.0. The van der Waals surface area contributed by atoms with E-state index in [0.29, 0.717) is 18.5 Å². The van der Waals surface area contributed by atoms with Crippen molar-refractivity contribution in [3.8, 4) is 6.01 Å². The third-order valence-electron chi connectivity index (χ3n) is 5.06. The van der Waals surface area contributed by atoms with Gasteiger partial charge >= 0.3 is 6.01 Å². The first-order chi connectivity index (χ1) is 13.9. The van der Waals surface area contributed by atoms with Crippen LogP contribution in [0.4, 0.5) is 11.9 Å². The molecular formula is C19H31N5O6. The molecule has 3 saturated heterocycles. The lowest BCUT2D eigenvalue weighted by Crippen LogP contribution is -2.46. The summed E-state index contributed by atoms with van der Waals surface area (Å²) in [5.41, 5.74) is 0. The number of ether oxygens (including phenoxy) is 6. The largest absolute Gasteiger partial charge is 0.454 e. The summed E-state index contributed by atoms with van der Waals surface area (Å²) in [6.45, 7) is 7.80. The molecule has 11 nitrogen and oxygen atoms in total. The van der Waals surface area contributed by atoms with Crippen LogP contribution in [0.25, 0.3) is 0 Å². The molecule has 30 heavy (non-hydrogen) atoms. The lowest BCUT2D eigenvalue weighted by molar-refractivity contribution is -0.230. The van der Waals surface area contributed by atoms with Crippen molar-refractivity contribution in [1.82, 2.24) is 15.0 Å². The Morgan fingerprint density at radius 3 is 2.00 bits per heavy atom. The van der Waals surface area contributed by atoms with E-state index in [4.69, 9.17) is 28.4 Å². The van der Waals surface area contributed by atoms with E-state index in [1.165, 1.54) is 0 Å². The van der Waals surface area contributed by atoms with Crippen molar-refractivity contribution in [2.24, 2.45) is 0 Å². The van der Waals surface area contributed by atoms with Gasteiger partial charge in [0.25, 0.3) is 0 Å². The van der Waals surface area contributed by atoms with Crippen LogP contribution in [0.3, 0.4) is 0 Å². The van der Waals surface area contributed by atoms with Gasteiger partial charge < -0.3 is 38.2 Å². The maximum absolute atomic E-state index is 6.28. The van der Waals surface area contributed by atoms with Gasteiger partial charge in [-0.25, -0.2) is 0 Å². The first-order valence-corrected chi connectivity index (χ1v) is 10.0. The quantitative estimate of drug-likeness (QED) is 0.669. The van der Waals surface area contributed by atoms with E-state index < -0.39 is 36.2 Å². The SMILES string of the molecule is CN(C)c1nc(O[C@H]2[C@H]([C@H]3COC(C)(C)O3)O[C@H]3OC(C)(C)O[C@@H]32)nc(N(C)C)n1. The van der Waals surface area contributed by atoms with Crippen LogP contribution < -0.4 is 14.5 Å². The van der Waals surface area contributed by atoms with Crippen molar-refractivity contribution >= 4 is 11.9 Å². The summed E-state index contributed by atoms with van der Waals surface area (Å²) in [6.07, 6.45) is -2.40. The second-order valence-corrected chi connectivity index (χ2v) is 9.03. The van der Waals surface area contributed by atoms with Gasteiger partial charge in [-0.3, -0.25) is 0 Å². The highest BCUT2D eigenvalue weighted by Gasteiger charge is 2.59. The molecule has 0 aromatic carbocycles. The predicted molar refractivity (Wildman–Crippen MR) is 106 cm³/mol. The van der Waals surface area contributed by atoms with E-state index in [1.807, 2.05) is 55.9 Å². The summed E-state index contributed by atoms with van der Waals surface area (Å²) in [4.78, 5) is 16.9. The van der Waals surface area contributed by atoms with Crippen LogP contribution in [-0.4, -0.2) is 92.0 Å². The Morgan fingerprint density at radius 2 is 1.47 bits per heavy atom. The third-order valence-corrected chi connectivity index (χ3v) is 5.06. The molecule has 3 aliphatic rings. The molecule has 4 rings (SSSR count). The van der Waals surface area contributed by atoms with Crippen LogP contribution in [0.5, 0.6) is 6.01 Å². The monoisotopic (exact) mass is 425 g/mol. The summed E-state index contributed by atoms with van der Waals surface area (Å²) in [7, 11) is 7.44. The number of anilines is 2. The van der Waals surface area contributed by atoms with E-state index in [2.05, 4.69) is 15.0 Å². The number of rotatable bonds is 5. The Balaban J connectivity index is 1.63. The number of fused-ring (bicyclic) bond motifs is 1. The first kappa shape index (κ1) is 21.4. The van der Waals surface area contributed by atoms with Gasteiger partial charge in [0, 0.05) is 28.2 Å². The molecule has 11 heteroatoms. The zero-order valence-electron chi connectivity index (χ0n) is 18.8. The van der Waals surface area contributed by atoms with Crippen LogP contribution >= 0.6 is 0 Å². The molecule has 168 valence electrons. The number of hydrogen-bond donors (Lipinski definition) is 0. The Morgan fingerprint density at radius 1 is 0.833 bits per heavy atom. The van der Waals surface area contributed by atoms with Crippen molar-refractivity contribution in [1.29, 1.82) is 0 Å². The molecule has 0 saturated carbocycles. The standard InChI is InChI=1S/C19H31N5O6/c1-18(2)25-9-10(28-18)11-12(13-14(26-11)30-19(3,4)29-13)27-17-21-15(23(5)6)20-16(22-17)24(7)8/h10-14H,9H2,1-8H3/t10-,11+,12+,13-,14+/m1/s1. The fourth-order valence-corrected chi connectivity index (χ4v) is 3.72.